The van der Waals surface area contributed by atoms with Crippen molar-refractivity contribution in [3.05, 3.63) is 48.8 Å². The molecule has 3 aromatic rings. The number of nitrogens with zero attached hydrogens (tertiary/aromatic N) is 5. The van der Waals surface area contributed by atoms with Gasteiger partial charge in [-0.3, -0.25) is 4.98 Å². The minimum atomic E-state index is -0.145. The first-order valence-electron chi connectivity index (χ1n) is 6.55. The number of rotatable bonds is 2. The predicted molar refractivity (Wildman–Crippen MR) is 76.0 cm³/mol. The molecule has 4 heterocycles. The molecule has 21 heavy (non-hydrogen) atoms. The van der Waals surface area contributed by atoms with Gasteiger partial charge in [0, 0.05) is 30.4 Å². The Labute approximate surface area is 120 Å². The number of anilines is 1. The highest BCUT2D eigenvalue weighted by Crippen LogP contribution is 2.26. The Morgan fingerprint density at radius 1 is 1.24 bits per heavy atom. The molecule has 2 N–H and O–H groups in total. The summed E-state index contributed by atoms with van der Waals surface area (Å²) < 4.78 is 6.96. The zero-order valence-electron chi connectivity index (χ0n) is 11.0. The molecule has 1 atom stereocenters. The molecule has 0 bridgehead atoms. The van der Waals surface area contributed by atoms with E-state index >= 15 is 0 Å². The fourth-order valence-electron chi connectivity index (χ4n) is 2.29. The number of nitrogen functional groups attached to an aromatic ring is 1. The molecule has 7 nitrogen and oxygen atoms in total. The second-order valence-electron chi connectivity index (χ2n) is 4.71. The molecule has 7 heteroatoms. The highest BCUT2D eigenvalue weighted by Gasteiger charge is 2.20. The summed E-state index contributed by atoms with van der Waals surface area (Å²) >= 11 is 0. The Morgan fingerprint density at radius 3 is 2.86 bits per heavy atom. The molecular weight excluding hydrogens is 268 g/mol. The molecule has 0 fully saturated rings. The first kappa shape index (κ1) is 11.8. The molecule has 0 aliphatic carbocycles. The Balaban J connectivity index is 1.82. The fraction of sp³-hybridized carbons (Fsp3) is 0.143. The van der Waals surface area contributed by atoms with E-state index in [-0.39, 0.29) is 6.10 Å². The van der Waals surface area contributed by atoms with Crippen LogP contribution in [0, 0.1) is 0 Å². The Hall–Kier alpha value is -2.96. The van der Waals surface area contributed by atoms with E-state index in [4.69, 9.17) is 10.5 Å². The fourth-order valence-corrected chi connectivity index (χ4v) is 2.29. The van der Waals surface area contributed by atoms with Crippen molar-refractivity contribution in [2.45, 2.75) is 12.5 Å². The highest BCUT2D eigenvalue weighted by molar-refractivity contribution is 5.64. The van der Waals surface area contributed by atoms with Crippen molar-refractivity contribution in [3.63, 3.8) is 0 Å². The lowest BCUT2D eigenvalue weighted by Gasteiger charge is -2.03. The molecule has 4 rings (SSSR count). The van der Waals surface area contributed by atoms with E-state index in [9.17, 15) is 0 Å². The zero-order valence-corrected chi connectivity index (χ0v) is 11.0. The smallest absolute Gasteiger partial charge is 0.223 e. The van der Waals surface area contributed by atoms with Gasteiger partial charge in [0.25, 0.3) is 0 Å². The van der Waals surface area contributed by atoms with Gasteiger partial charge >= 0.3 is 0 Å². The number of hydrogen-bond donors (Lipinski definition) is 1. The predicted octanol–water partition coefficient (Wildman–Crippen LogP) is 1.74. The van der Waals surface area contributed by atoms with Gasteiger partial charge in [-0.1, -0.05) is 0 Å². The zero-order chi connectivity index (χ0) is 14.2. The summed E-state index contributed by atoms with van der Waals surface area (Å²) in [6.07, 6.45) is 7.66. The summed E-state index contributed by atoms with van der Waals surface area (Å²) in [5, 5.41) is 4.37. The lowest BCUT2D eigenvalue weighted by molar-refractivity contribution is 0.164. The molecule has 1 aliphatic heterocycles. The molecule has 104 valence electrons. The lowest BCUT2D eigenvalue weighted by atomic mass is 10.2. The number of nitrogens with two attached hydrogens (primary N) is 1. The van der Waals surface area contributed by atoms with Gasteiger partial charge in [-0.05, 0) is 18.2 Å². The van der Waals surface area contributed by atoms with E-state index in [1.165, 1.54) is 4.52 Å². The number of aromatic nitrogens is 5. The number of ether oxygens (including phenoxy) is 1. The standard InChI is InChI=1S/C14H12N6O/c15-14-17-10(9-3-5-16-6-4-9)8-12-18-13(19-20(12)14)11-2-1-7-21-11/h1,3-8,11H,2H2,(H2,15,17). The van der Waals surface area contributed by atoms with Crippen molar-refractivity contribution in [2.24, 2.45) is 0 Å². The van der Waals surface area contributed by atoms with Crippen LogP contribution < -0.4 is 5.73 Å². The molecule has 0 radical (unpaired) electrons. The largest absolute Gasteiger partial charge is 0.490 e. The van der Waals surface area contributed by atoms with Crippen molar-refractivity contribution in [1.29, 1.82) is 0 Å². The average molecular weight is 280 g/mol. The van der Waals surface area contributed by atoms with Gasteiger partial charge < -0.3 is 10.5 Å². The van der Waals surface area contributed by atoms with E-state index in [1.54, 1.807) is 18.7 Å². The molecule has 1 aliphatic rings. The maximum Gasteiger partial charge on any atom is 0.223 e. The SMILES string of the molecule is Nc1nc(-c2ccncc2)cc2nc(C3CC=CO3)nn12. The van der Waals surface area contributed by atoms with Gasteiger partial charge in [0.05, 0.1) is 12.0 Å². The van der Waals surface area contributed by atoms with Gasteiger partial charge in [0.2, 0.25) is 5.95 Å². The number of fused-ring (bicyclic) bond motifs is 1. The van der Waals surface area contributed by atoms with Crippen LogP contribution in [0.3, 0.4) is 0 Å². The summed E-state index contributed by atoms with van der Waals surface area (Å²) in [7, 11) is 0. The maximum absolute atomic E-state index is 5.98. The van der Waals surface area contributed by atoms with Crippen molar-refractivity contribution < 1.29 is 4.74 Å². The molecule has 0 aromatic carbocycles. The van der Waals surface area contributed by atoms with Crippen LogP contribution in [0.15, 0.2) is 42.9 Å². The summed E-state index contributed by atoms with van der Waals surface area (Å²) in [5.74, 6) is 0.907. The minimum absolute atomic E-state index is 0.145. The lowest BCUT2D eigenvalue weighted by Crippen LogP contribution is -2.04. The molecule has 0 saturated heterocycles. The third-order valence-electron chi connectivity index (χ3n) is 3.32. The Bertz CT molecular complexity index is 818. The van der Waals surface area contributed by atoms with Crippen molar-refractivity contribution >= 4 is 11.6 Å². The Morgan fingerprint density at radius 2 is 2.10 bits per heavy atom. The van der Waals surface area contributed by atoms with Crippen LogP contribution in [-0.2, 0) is 4.74 Å². The van der Waals surface area contributed by atoms with Crippen LogP contribution in [0.2, 0.25) is 0 Å². The van der Waals surface area contributed by atoms with Gasteiger partial charge in [0.1, 0.15) is 0 Å². The number of pyridine rings is 1. The minimum Gasteiger partial charge on any atom is -0.490 e. The third kappa shape index (κ3) is 1.99. The summed E-state index contributed by atoms with van der Waals surface area (Å²) in [6, 6.07) is 5.60. The van der Waals surface area contributed by atoms with E-state index in [2.05, 4.69) is 20.1 Å². The summed E-state index contributed by atoms with van der Waals surface area (Å²) in [4.78, 5) is 12.9. The van der Waals surface area contributed by atoms with Crippen LogP contribution in [0.4, 0.5) is 5.95 Å². The monoisotopic (exact) mass is 280 g/mol. The molecule has 0 spiro atoms. The summed E-state index contributed by atoms with van der Waals surface area (Å²) in [5.41, 5.74) is 8.31. The average Bonchev–Trinajstić information content (AvgIpc) is 3.17. The van der Waals surface area contributed by atoms with Gasteiger partial charge in [-0.2, -0.15) is 4.52 Å². The van der Waals surface area contributed by atoms with Crippen molar-refractivity contribution in [1.82, 2.24) is 24.6 Å². The third-order valence-corrected chi connectivity index (χ3v) is 3.32. The van der Waals surface area contributed by atoms with Crippen LogP contribution in [0.1, 0.15) is 18.3 Å². The van der Waals surface area contributed by atoms with Crippen molar-refractivity contribution in [2.75, 3.05) is 5.73 Å². The quantitative estimate of drug-likeness (QED) is 0.768. The second kappa shape index (κ2) is 4.55. The maximum atomic E-state index is 5.98. The molecule has 0 saturated carbocycles. The van der Waals surface area contributed by atoms with Crippen LogP contribution in [0.25, 0.3) is 16.9 Å². The molecule has 0 amide bonds. The van der Waals surface area contributed by atoms with Gasteiger partial charge in [-0.25, -0.2) is 9.97 Å². The van der Waals surface area contributed by atoms with E-state index in [0.717, 1.165) is 17.7 Å². The highest BCUT2D eigenvalue weighted by atomic mass is 16.5. The van der Waals surface area contributed by atoms with Gasteiger partial charge in [0.15, 0.2) is 17.6 Å². The van der Waals surface area contributed by atoms with Crippen LogP contribution >= 0.6 is 0 Å². The molecular formula is C14H12N6O. The van der Waals surface area contributed by atoms with E-state index in [0.29, 0.717) is 17.4 Å². The van der Waals surface area contributed by atoms with Crippen LogP contribution in [-0.4, -0.2) is 24.6 Å². The topological polar surface area (TPSA) is 91.2 Å². The van der Waals surface area contributed by atoms with E-state index in [1.807, 2.05) is 24.3 Å². The molecule has 3 aromatic heterocycles. The van der Waals surface area contributed by atoms with Gasteiger partial charge in [-0.15, -0.1) is 5.10 Å². The van der Waals surface area contributed by atoms with E-state index < -0.39 is 0 Å². The molecule has 1 unspecified atom stereocenters. The first-order valence-corrected chi connectivity index (χ1v) is 6.55. The summed E-state index contributed by atoms with van der Waals surface area (Å²) in [6.45, 7) is 0. The normalized spacial score (nSPS) is 17.2. The Kier molecular flexibility index (Phi) is 2.56. The second-order valence-corrected chi connectivity index (χ2v) is 4.71. The number of hydrogen-bond acceptors (Lipinski definition) is 6. The first-order chi connectivity index (χ1) is 10.3. The van der Waals surface area contributed by atoms with Crippen LogP contribution in [0.5, 0.6) is 0 Å². The van der Waals surface area contributed by atoms with Crippen molar-refractivity contribution in [3.8, 4) is 11.3 Å².